The summed E-state index contributed by atoms with van der Waals surface area (Å²) in [6.07, 6.45) is 3.22. The maximum Gasteiger partial charge on any atom is 0.316 e. The normalized spacial score (nSPS) is 12.2. The van der Waals surface area contributed by atoms with Crippen molar-refractivity contribution in [2.45, 2.75) is 13.0 Å². The lowest BCUT2D eigenvalue weighted by Gasteiger charge is -2.11. The smallest absolute Gasteiger partial charge is 0.316 e. The number of aliphatic hydroxyl groups excluding tert-OH is 1. The molecule has 0 radical (unpaired) electrons. The van der Waals surface area contributed by atoms with E-state index in [4.69, 9.17) is 9.84 Å². The fraction of sp³-hybridized carbons (Fsp3) is 0.500. The van der Waals surface area contributed by atoms with Crippen LogP contribution in [-0.2, 0) is 0 Å². The summed E-state index contributed by atoms with van der Waals surface area (Å²) in [6, 6.07) is 0.333. The Morgan fingerprint density at radius 3 is 2.62 bits per heavy atom. The van der Waals surface area contributed by atoms with Gasteiger partial charge in [0.25, 0.3) is 0 Å². The van der Waals surface area contributed by atoms with E-state index >= 15 is 0 Å². The zero-order valence-corrected chi connectivity index (χ0v) is 7.69. The molecule has 0 saturated heterocycles. The highest BCUT2D eigenvalue weighted by molar-refractivity contribution is 5.39. The van der Waals surface area contributed by atoms with Gasteiger partial charge in [-0.1, -0.05) is 0 Å². The Morgan fingerprint density at radius 1 is 1.54 bits per heavy atom. The molecule has 5 heteroatoms. The molecule has 1 heterocycles. The molecule has 0 saturated carbocycles. The number of hydrogen-bond donors (Lipinski definition) is 2. The van der Waals surface area contributed by atoms with Gasteiger partial charge >= 0.3 is 6.01 Å². The van der Waals surface area contributed by atoms with Crippen LogP contribution in [0.2, 0.25) is 0 Å². The second kappa shape index (κ2) is 4.61. The average molecular weight is 183 g/mol. The minimum atomic E-state index is -0.00278. The van der Waals surface area contributed by atoms with Crippen LogP contribution < -0.4 is 10.1 Å². The van der Waals surface area contributed by atoms with E-state index in [9.17, 15) is 0 Å². The second-order valence-corrected chi connectivity index (χ2v) is 2.69. The lowest BCUT2D eigenvalue weighted by Crippen LogP contribution is -2.19. The van der Waals surface area contributed by atoms with E-state index in [0.717, 1.165) is 5.69 Å². The predicted octanol–water partition coefficient (Wildman–Crippen LogP) is 0.278. The summed E-state index contributed by atoms with van der Waals surface area (Å²) in [4.78, 5) is 7.81. The van der Waals surface area contributed by atoms with Crippen molar-refractivity contribution >= 4 is 5.69 Å². The van der Waals surface area contributed by atoms with Gasteiger partial charge in [-0.25, -0.2) is 9.97 Å². The molecule has 0 bridgehead atoms. The largest absolute Gasteiger partial charge is 0.467 e. The van der Waals surface area contributed by atoms with Crippen LogP contribution >= 0.6 is 0 Å². The fourth-order valence-corrected chi connectivity index (χ4v) is 0.826. The van der Waals surface area contributed by atoms with Gasteiger partial charge in [0.2, 0.25) is 0 Å². The molecule has 1 atom stereocenters. The van der Waals surface area contributed by atoms with E-state index in [0.29, 0.717) is 6.01 Å². The van der Waals surface area contributed by atoms with Crippen molar-refractivity contribution in [1.82, 2.24) is 9.97 Å². The molecule has 0 aromatic carbocycles. The first-order valence-electron chi connectivity index (χ1n) is 3.99. The Labute approximate surface area is 76.8 Å². The molecule has 1 rings (SSSR count). The molecule has 1 aromatic heterocycles. The van der Waals surface area contributed by atoms with Crippen LogP contribution in [0.4, 0.5) is 5.69 Å². The SMILES string of the molecule is COc1ncc(NC(C)CO)cn1. The highest BCUT2D eigenvalue weighted by Gasteiger charge is 2.00. The van der Waals surface area contributed by atoms with Gasteiger partial charge in [-0.05, 0) is 6.92 Å². The van der Waals surface area contributed by atoms with Gasteiger partial charge in [0.15, 0.2) is 0 Å². The summed E-state index contributed by atoms with van der Waals surface area (Å²) in [5, 5.41) is 11.8. The van der Waals surface area contributed by atoms with Crippen LogP contribution in [0.5, 0.6) is 6.01 Å². The number of hydrogen-bond acceptors (Lipinski definition) is 5. The third-order valence-corrected chi connectivity index (χ3v) is 1.50. The number of aliphatic hydroxyl groups is 1. The number of nitrogens with zero attached hydrogens (tertiary/aromatic N) is 2. The summed E-state index contributed by atoms with van der Waals surface area (Å²) < 4.78 is 4.80. The van der Waals surface area contributed by atoms with Gasteiger partial charge in [-0.2, -0.15) is 0 Å². The van der Waals surface area contributed by atoms with Crippen molar-refractivity contribution in [2.75, 3.05) is 19.0 Å². The van der Waals surface area contributed by atoms with Crippen molar-refractivity contribution in [3.8, 4) is 6.01 Å². The van der Waals surface area contributed by atoms with Crippen molar-refractivity contribution in [2.24, 2.45) is 0 Å². The second-order valence-electron chi connectivity index (χ2n) is 2.69. The van der Waals surface area contributed by atoms with E-state index in [1.54, 1.807) is 12.4 Å². The Balaban J connectivity index is 2.58. The van der Waals surface area contributed by atoms with Crippen LogP contribution in [0.3, 0.4) is 0 Å². The average Bonchev–Trinajstić information content (AvgIpc) is 2.19. The molecule has 72 valence electrons. The van der Waals surface area contributed by atoms with Gasteiger partial charge in [-0.15, -0.1) is 0 Å². The molecule has 0 aliphatic rings. The zero-order chi connectivity index (χ0) is 9.68. The van der Waals surface area contributed by atoms with Crippen molar-refractivity contribution in [3.63, 3.8) is 0 Å². The molecule has 0 fully saturated rings. The minimum absolute atomic E-state index is 0.00278. The van der Waals surface area contributed by atoms with Crippen molar-refractivity contribution < 1.29 is 9.84 Å². The van der Waals surface area contributed by atoms with E-state index in [1.165, 1.54) is 7.11 Å². The Hall–Kier alpha value is -1.36. The third kappa shape index (κ3) is 2.87. The van der Waals surface area contributed by atoms with Gasteiger partial charge in [0.05, 0.1) is 31.8 Å². The van der Waals surface area contributed by atoms with Crippen LogP contribution in [0, 0.1) is 0 Å². The Bertz CT molecular complexity index is 250. The predicted molar refractivity (Wildman–Crippen MR) is 48.8 cm³/mol. The summed E-state index contributed by atoms with van der Waals surface area (Å²) in [5.41, 5.74) is 0.766. The van der Waals surface area contributed by atoms with Crippen LogP contribution in [0.25, 0.3) is 0 Å². The zero-order valence-electron chi connectivity index (χ0n) is 7.69. The maximum atomic E-state index is 8.77. The first-order chi connectivity index (χ1) is 6.26. The monoisotopic (exact) mass is 183 g/mol. The molecular formula is C8H13N3O2. The standard InChI is InChI=1S/C8H13N3O2/c1-6(5-12)11-7-3-9-8(13-2)10-4-7/h3-4,6,11-12H,5H2,1-2H3. The van der Waals surface area contributed by atoms with Gasteiger partial charge < -0.3 is 15.2 Å². The van der Waals surface area contributed by atoms with Gasteiger partial charge in [0, 0.05) is 6.04 Å². The number of ether oxygens (including phenoxy) is 1. The van der Waals surface area contributed by atoms with E-state index in [-0.39, 0.29) is 12.6 Å². The van der Waals surface area contributed by atoms with E-state index in [1.807, 2.05) is 6.92 Å². The lowest BCUT2D eigenvalue weighted by atomic mass is 10.3. The Kier molecular flexibility index (Phi) is 3.45. The molecule has 1 aromatic rings. The van der Waals surface area contributed by atoms with Gasteiger partial charge in [-0.3, -0.25) is 0 Å². The molecular weight excluding hydrogens is 170 g/mol. The number of rotatable bonds is 4. The fourth-order valence-electron chi connectivity index (χ4n) is 0.826. The highest BCUT2D eigenvalue weighted by atomic mass is 16.5. The molecule has 0 aliphatic carbocycles. The number of aromatic nitrogens is 2. The number of nitrogens with one attached hydrogen (secondary N) is 1. The molecule has 0 aliphatic heterocycles. The molecule has 13 heavy (non-hydrogen) atoms. The first kappa shape index (κ1) is 9.73. The Morgan fingerprint density at radius 2 is 2.15 bits per heavy atom. The minimum Gasteiger partial charge on any atom is -0.467 e. The molecule has 0 amide bonds. The summed E-state index contributed by atoms with van der Waals surface area (Å²) in [7, 11) is 1.51. The summed E-state index contributed by atoms with van der Waals surface area (Å²) in [6.45, 7) is 1.94. The number of methoxy groups -OCH3 is 1. The van der Waals surface area contributed by atoms with E-state index in [2.05, 4.69) is 15.3 Å². The lowest BCUT2D eigenvalue weighted by molar-refractivity contribution is 0.281. The topological polar surface area (TPSA) is 67.3 Å². The van der Waals surface area contributed by atoms with Crippen LogP contribution in [-0.4, -0.2) is 34.8 Å². The van der Waals surface area contributed by atoms with Gasteiger partial charge in [0.1, 0.15) is 0 Å². The molecule has 0 spiro atoms. The molecule has 2 N–H and O–H groups in total. The molecule has 1 unspecified atom stereocenters. The van der Waals surface area contributed by atoms with Crippen LogP contribution in [0.1, 0.15) is 6.92 Å². The summed E-state index contributed by atoms with van der Waals surface area (Å²) >= 11 is 0. The molecule has 5 nitrogen and oxygen atoms in total. The van der Waals surface area contributed by atoms with Crippen LogP contribution in [0.15, 0.2) is 12.4 Å². The number of anilines is 1. The third-order valence-electron chi connectivity index (χ3n) is 1.50. The maximum absolute atomic E-state index is 8.77. The first-order valence-corrected chi connectivity index (χ1v) is 3.99. The summed E-state index contributed by atoms with van der Waals surface area (Å²) in [5.74, 6) is 0. The highest BCUT2D eigenvalue weighted by Crippen LogP contribution is 2.07. The van der Waals surface area contributed by atoms with Crippen molar-refractivity contribution in [3.05, 3.63) is 12.4 Å². The van der Waals surface area contributed by atoms with Crippen molar-refractivity contribution in [1.29, 1.82) is 0 Å². The van der Waals surface area contributed by atoms with E-state index < -0.39 is 0 Å². The quantitative estimate of drug-likeness (QED) is 0.701.